The Morgan fingerprint density at radius 2 is 2.21 bits per heavy atom. The molecule has 2 aromatic heterocycles. The van der Waals surface area contributed by atoms with Crippen LogP contribution in [-0.2, 0) is 0 Å². The van der Waals surface area contributed by atoms with Crippen molar-refractivity contribution in [2.75, 3.05) is 0 Å². The summed E-state index contributed by atoms with van der Waals surface area (Å²) in [6.07, 6.45) is 8.50. The van der Waals surface area contributed by atoms with Gasteiger partial charge in [0.25, 0.3) is 5.91 Å². The number of benzene rings is 1. The van der Waals surface area contributed by atoms with Crippen LogP contribution in [0.5, 0.6) is 0 Å². The van der Waals surface area contributed by atoms with E-state index in [4.69, 9.17) is 0 Å². The molecule has 0 radical (unpaired) electrons. The summed E-state index contributed by atoms with van der Waals surface area (Å²) in [6.45, 7) is 2.24. The lowest BCUT2D eigenvalue weighted by molar-refractivity contribution is 0.0912. The van der Waals surface area contributed by atoms with Gasteiger partial charge in [-0.15, -0.1) is 11.3 Å². The topological polar surface area (TPSA) is 57.8 Å². The smallest absolute Gasteiger partial charge is 0.252 e. The Hall–Kier alpha value is -2.14. The van der Waals surface area contributed by atoms with Crippen molar-refractivity contribution in [1.82, 2.24) is 15.3 Å². The van der Waals surface area contributed by atoms with E-state index in [-0.39, 0.29) is 11.9 Å². The second-order valence-corrected chi connectivity index (χ2v) is 7.56. The van der Waals surface area contributed by atoms with Gasteiger partial charge in [-0.1, -0.05) is 19.8 Å². The second-order valence-electron chi connectivity index (χ2n) is 6.67. The molecule has 2 heterocycles. The van der Waals surface area contributed by atoms with Crippen LogP contribution in [0.15, 0.2) is 36.1 Å². The van der Waals surface area contributed by atoms with Crippen molar-refractivity contribution < 1.29 is 4.79 Å². The molecule has 1 saturated carbocycles. The highest BCUT2D eigenvalue weighted by Crippen LogP contribution is 2.30. The van der Waals surface area contributed by atoms with Crippen LogP contribution in [0, 0.1) is 5.92 Å². The minimum atomic E-state index is 0.0321. The number of carbonyl (C=O) groups excluding carboxylic acids is 1. The molecule has 2 atom stereocenters. The Bertz CT molecular complexity index is 853. The number of hydrogen-bond donors (Lipinski definition) is 2. The number of thiazole rings is 1. The van der Waals surface area contributed by atoms with Gasteiger partial charge in [0.15, 0.2) is 0 Å². The van der Waals surface area contributed by atoms with Crippen LogP contribution in [-0.4, -0.2) is 21.9 Å². The molecule has 1 amide bonds. The summed E-state index contributed by atoms with van der Waals surface area (Å²) >= 11 is 1.59. The second kappa shape index (κ2) is 6.40. The average Bonchev–Trinajstić information content (AvgIpc) is 3.27. The lowest BCUT2D eigenvalue weighted by Gasteiger charge is -2.29. The first-order chi connectivity index (χ1) is 11.7. The van der Waals surface area contributed by atoms with Crippen LogP contribution in [0.4, 0.5) is 0 Å². The number of amides is 1. The molecule has 0 bridgehead atoms. The van der Waals surface area contributed by atoms with Gasteiger partial charge in [0.1, 0.15) is 0 Å². The van der Waals surface area contributed by atoms with Crippen molar-refractivity contribution in [2.24, 2.45) is 5.92 Å². The zero-order chi connectivity index (χ0) is 16.5. The van der Waals surface area contributed by atoms with E-state index < -0.39 is 0 Å². The summed E-state index contributed by atoms with van der Waals surface area (Å²) in [7, 11) is 0. The third-order valence-corrected chi connectivity index (χ3v) is 5.88. The highest BCUT2D eigenvalue weighted by atomic mass is 32.1. The normalized spacial score (nSPS) is 21.0. The Labute approximate surface area is 145 Å². The molecule has 1 fully saturated rings. The van der Waals surface area contributed by atoms with Gasteiger partial charge in [0, 0.05) is 34.9 Å². The zero-order valence-electron chi connectivity index (χ0n) is 13.7. The molecule has 1 aliphatic carbocycles. The monoisotopic (exact) mass is 339 g/mol. The van der Waals surface area contributed by atoms with Crippen LogP contribution in [0.25, 0.3) is 21.3 Å². The molecule has 4 rings (SSSR count). The van der Waals surface area contributed by atoms with E-state index in [0.717, 1.165) is 33.3 Å². The molecular weight excluding hydrogens is 318 g/mol. The average molecular weight is 339 g/mol. The van der Waals surface area contributed by atoms with Crippen LogP contribution < -0.4 is 5.32 Å². The van der Waals surface area contributed by atoms with Gasteiger partial charge >= 0.3 is 0 Å². The SMILES string of the molecule is CC1CCCCC1NC(=O)c1cc(-c2cncs2)cc2[nH]ccc12. The molecule has 5 heteroatoms. The molecule has 3 aromatic rings. The van der Waals surface area contributed by atoms with Crippen molar-refractivity contribution in [1.29, 1.82) is 0 Å². The van der Waals surface area contributed by atoms with Crippen LogP contribution >= 0.6 is 11.3 Å². The number of nitrogens with one attached hydrogen (secondary N) is 2. The van der Waals surface area contributed by atoms with E-state index in [0.29, 0.717) is 5.92 Å². The van der Waals surface area contributed by atoms with E-state index in [2.05, 4.69) is 28.3 Å². The maximum atomic E-state index is 13.0. The lowest BCUT2D eigenvalue weighted by Crippen LogP contribution is -2.41. The molecule has 24 heavy (non-hydrogen) atoms. The Morgan fingerprint density at radius 3 is 3.00 bits per heavy atom. The predicted octanol–water partition coefficient (Wildman–Crippen LogP) is 4.60. The molecule has 124 valence electrons. The number of nitrogens with zero attached hydrogens (tertiary/aromatic N) is 1. The molecule has 1 aliphatic rings. The highest BCUT2D eigenvalue weighted by molar-refractivity contribution is 7.13. The van der Waals surface area contributed by atoms with Crippen molar-refractivity contribution in [2.45, 2.75) is 38.6 Å². The minimum Gasteiger partial charge on any atom is -0.361 e. The maximum Gasteiger partial charge on any atom is 0.252 e. The standard InChI is InChI=1S/C19H21N3OS/c1-12-4-2-3-5-16(12)22-19(23)15-8-13(18-10-20-11-24-18)9-17-14(15)6-7-21-17/h6-12,16,21H,2-5H2,1H3,(H,22,23). The summed E-state index contributed by atoms with van der Waals surface area (Å²) in [5, 5.41) is 4.25. The van der Waals surface area contributed by atoms with Gasteiger partial charge in [-0.2, -0.15) is 0 Å². The fourth-order valence-electron chi connectivity index (χ4n) is 3.63. The number of fused-ring (bicyclic) bond motifs is 1. The highest BCUT2D eigenvalue weighted by Gasteiger charge is 2.24. The quantitative estimate of drug-likeness (QED) is 0.732. The first-order valence-corrected chi connectivity index (χ1v) is 9.41. The zero-order valence-corrected chi connectivity index (χ0v) is 14.5. The molecule has 4 nitrogen and oxygen atoms in total. The molecule has 1 aromatic carbocycles. The van der Waals surface area contributed by atoms with E-state index in [1.807, 2.05) is 30.0 Å². The Balaban J connectivity index is 1.69. The van der Waals surface area contributed by atoms with Gasteiger partial charge < -0.3 is 10.3 Å². The van der Waals surface area contributed by atoms with Crippen molar-refractivity contribution in [3.8, 4) is 10.4 Å². The van der Waals surface area contributed by atoms with Gasteiger partial charge in [-0.25, -0.2) is 0 Å². The first-order valence-electron chi connectivity index (χ1n) is 8.53. The molecule has 0 spiro atoms. The summed E-state index contributed by atoms with van der Waals surface area (Å²) in [4.78, 5) is 21.4. The third kappa shape index (κ3) is 2.84. The van der Waals surface area contributed by atoms with Crippen LogP contribution in [0.3, 0.4) is 0 Å². The number of rotatable bonds is 3. The number of aromatic nitrogens is 2. The number of carbonyl (C=O) groups is 1. The molecule has 2 N–H and O–H groups in total. The van der Waals surface area contributed by atoms with Gasteiger partial charge in [0.05, 0.1) is 10.4 Å². The maximum absolute atomic E-state index is 13.0. The Kier molecular flexibility index (Phi) is 4.10. The van der Waals surface area contributed by atoms with E-state index in [9.17, 15) is 4.79 Å². The van der Waals surface area contributed by atoms with Gasteiger partial charge in [0.2, 0.25) is 0 Å². The van der Waals surface area contributed by atoms with Crippen molar-refractivity contribution >= 4 is 28.1 Å². The molecular formula is C19H21N3OS. The summed E-state index contributed by atoms with van der Waals surface area (Å²) in [6, 6.07) is 6.34. The number of hydrogen-bond acceptors (Lipinski definition) is 3. The van der Waals surface area contributed by atoms with Gasteiger partial charge in [-0.05, 0) is 42.5 Å². The number of aromatic amines is 1. The summed E-state index contributed by atoms with van der Waals surface area (Å²) < 4.78 is 0. The summed E-state index contributed by atoms with van der Waals surface area (Å²) in [5.41, 5.74) is 4.59. The summed E-state index contributed by atoms with van der Waals surface area (Å²) in [5.74, 6) is 0.582. The molecule has 0 aliphatic heterocycles. The Morgan fingerprint density at radius 1 is 1.33 bits per heavy atom. The van der Waals surface area contributed by atoms with Crippen LogP contribution in [0.2, 0.25) is 0 Å². The largest absolute Gasteiger partial charge is 0.361 e. The van der Waals surface area contributed by atoms with Crippen LogP contribution in [0.1, 0.15) is 43.0 Å². The minimum absolute atomic E-state index is 0.0321. The first kappa shape index (κ1) is 15.4. The lowest BCUT2D eigenvalue weighted by atomic mass is 9.85. The predicted molar refractivity (Wildman–Crippen MR) is 98.3 cm³/mol. The third-order valence-electron chi connectivity index (χ3n) is 5.06. The molecule has 0 saturated heterocycles. The van der Waals surface area contributed by atoms with E-state index >= 15 is 0 Å². The fourth-order valence-corrected chi connectivity index (χ4v) is 4.24. The number of H-pyrrole nitrogens is 1. The van der Waals surface area contributed by atoms with Crippen molar-refractivity contribution in [3.63, 3.8) is 0 Å². The van der Waals surface area contributed by atoms with E-state index in [1.54, 1.807) is 11.3 Å². The van der Waals surface area contributed by atoms with E-state index in [1.165, 1.54) is 19.3 Å². The van der Waals surface area contributed by atoms with Crippen molar-refractivity contribution in [3.05, 3.63) is 41.7 Å². The fraction of sp³-hybridized carbons (Fsp3) is 0.368. The molecule has 2 unspecified atom stereocenters. The van der Waals surface area contributed by atoms with Gasteiger partial charge in [-0.3, -0.25) is 9.78 Å².